The molecule has 1 fully saturated rings. The molecule has 5 rings (SSSR count). The molecular formula is C23H21ClN2OS. The highest BCUT2D eigenvalue weighted by Gasteiger charge is 2.23. The zero-order valence-corrected chi connectivity index (χ0v) is 17.3. The van der Waals surface area contributed by atoms with Crippen molar-refractivity contribution in [2.45, 2.75) is 38.6 Å². The van der Waals surface area contributed by atoms with Gasteiger partial charge in [0.2, 0.25) is 0 Å². The summed E-state index contributed by atoms with van der Waals surface area (Å²) in [5.74, 6) is 0.910. The molecule has 0 radical (unpaired) electrons. The molecule has 5 heteroatoms. The smallest absolute Gasteiger partial charge is 0.190 e. The number of para-hydroxylation sites is 1. The van der Waals surface area contributed by atoms with E-state index in [1.165, 1.54) is 25.7 Å². The van der Waals surface area contributed by atoms with Gasteiger partial charge in [0.25, 0.3) is 0 Å². The van der Waals surface area contributed by atoms with Gasteiger partial charge in [-0.15, -0.1) is 11.3 Å². The first-order valence-corrected chi connectivity index (χ1v) is 10.9. The summed E-state index contributed by atoms with van der Waals surface area (Å²) in [5, 5.41) is 4.05. The number of benzene rings is 2. The van der Waals surface area contributed by atoms with Crippen LogP contribution in [0.1, 0.15) is 37.3 Å². The van der Waals surface area contributed by atoms with E-state index in [-0.39, 0.29) is 0 Å². The van der Waals surface area contributed by atoms with Crippen molar-refractivity contribution in [2.75, 3.05) is 0 Å². The number of aryl methyl sites for hydroxylation is 1. The Kier molecular flexibility index (Phi) is 4.61. The van der Waals surface area contributed by atoms with Crippen LogP contribution in [0.15, 0.2) is 63.3 Å². The van der Waals surface area contributed by atoms with Crippen LogP contribution in [0.25, 0.3) is 22.4 Å². The lowest BCUT2D eigenvalue weighted by molar-refractivity contribution is 0.503. The predicted molar refractivity (Wildman–Crippen MR) is 116 cm³/mol. The maximum atomic E-state index is 6.31. The van der Waals surface area contributed by atoms with Gasteiger partial charge in [-0.1, -0.05) is 48.7 Å². The maximum absolute atomic E-state index is 6.31. The number of fused-ring (bicyclic) bond motifs is 1. The highest BCUT2D eigenvalue weighted by Crippen LogP contribution is 2.35. The minimum atomic E-state index is 0.467. The van der Waals surface area contributed by atoms with E-state index in [2.05, 4.69) is 22.1 Å². The maximum Gasteiger partial charge on any atom is 0.190 e. The van der Waals surface area contributed by atoms with Gasteiger partial charge in [0.15, 0.2) is 10.6 Å². The largest absolute Gasteiger partial charge is 0.454 e. The van der Waals surface area contributed by atoms with Crippen molar-refractivity contribution in [3.8, 4) is 11.5 Å². The van der Waals surface area contributed by atoms with E-state index < -0.39 is 0 Å². The van der Waals surface area contributed by atoms with Crippen LogP contribution < -0.4 is 4.80 Å². The lowest BCUT2D eigenvalue weighted by Gasteiger charge is -2.14. The number of aromatic nitrogens is 1. The topological polar surface area (TPSA) is 30.4 Å². The highest BCUT2D eigenvalue weighted by molar-refractivity contribution is 7.07. The minimum absolute atomic E-state index is 0.467. The fraction of sp³-hybridized carbons (Fsp3) is 0.261. The van der Waals surface area contributed by atoms with Crippen molar-refractivity contribution in [3.05, 3.63) is 69.3 Å². The van der Waals surface area contributed by atoms with Crippen LogP contribution in [0, 0.1) is 6.92 Å². The molecular weight excluding hydrogens is 388 g/mol. The summed E-state index contributed by atoms with van der Waals surface area (Å²) in [7, 11) is 0. The van der Waals surface area contributed by atoms with Crippen LogP contribution in [0.2, 0.25) is 5.02 Å². The van der Waals surface area contributed by atoms with E-state index in [1.54, 1.807) is 11.3 Å². The van der Waals surface area contributed by atoms with Crippen LogP contribution in [-0.4, -0.2) is 4.57 Å². The van der Waals surface area contributed by atoms with E-state index in [0.717, 1.165) is 43.5 Å². The molecule has 4 aromatic rings. The van der Waals surface area contributed by atoms with Crippen LogP contribution in [0.3, 0.4) is 0 Å². The molecule has 3 nitrogen and oxygen atoms in total. The molecule has 2 aromatic heterocycles. The molecule has 1 saturated carbocycles. The van der Waals surface area contributed by atoms with Crippen molar-refractivity contribution >= 4 is 39.6 Å². The molecule has 0 aliphatic heterocycles. The first-order valence-electron chi connectivity index (χ1n) is 9.69. The monoisotopic (exact) mass is 408 g/mol. The zero-order valence-electron chi connectivity index (χ0n) is 15.7. The van der Waals surface area contributed by atoms with Crippen molar-refractivity contribution in [3.63, 3.8) is 0 Å². The van der Waals surface area contributed by atoms with Gasteiger partial charge in [0.1, 0.15) is 5.58 Å². The third-order valence-corrected chi connectivity index (χ3v) is 6.74. The number of hydrogen-bond acceptors (Lipinski definition) is 3. The van der Waals surface area contributed by atoms with Gasteiger partial charge < -0.3 is 8.98 Å². The molecule has 28 heavy (non-hydrogen) atoms. The van der Waals surface area contributed by atoms with E-state index >= 15 is 0 Å². The first-order chi connectivity index (χ1) is 13.7. The summed E-state index contributed by atoms with van der Waals surface area (Å²) in [6, 6.07) is 16.8. The van der Waals surface area contributed by atoms with Gasteiger partial charge in [0, 0.05) is 21.8 Å². The average molecular weight is 409 g/mol. The van der Waals surface area contributed by atoms with Crippen molar-refractivity contribution < 1.29 is 4.42 Å². The SMILES string of the molecule is Cc1ccc(N=c2scc(-c3cc4ccccc4o3)n2C2CCCC2)cc1Cl. The number of thiazole rings is 1. The number of nitrogens with zero attached hydrogens (tertiary/aromatic N) is 2. The second kappa shape index (κ2) is 7.26. The Hall–Kier alpha value is -2.30. The number of rotatable bonds is 3. The molecule has 1 aliphatic carbocycles. The molecule has 142 valence electrons. The van der Waals surface area contributed by atoms with Crippen molar-refractivity contribution in [1.29, 1.82) is 0 Å². The van der Waals surface area contributed by atoms with E-state index in [4.69, 9.17) is 21.0 Å². The molecule has 2 aromatic carbocycles. The third kappa shape index (κ3) is 3.21. The van der Waals surface area contributed by atoms with Crippen LogP contribution in [0.5, 0.6) is 0 Å². The fourth-order valence-corrected chi connectivity index (χ4v) is 5.11. The average Bonchev–Trinajstić information content (AvgIpc) is 3.42. The summed E-state index contributed by atoms with van der Waals surface area (Å²) in [6.07, 6.45) is 4.91. The van der Waals surface area contributed by atoms with E-state index in [9.17, 15) is 0 Å². The number of furan rings is 1. The zero-order chi connectivity index (χ0) is 19.1. The second-order valence-electron chi connectivity index (χ2n) is 7.41. The summed E-state index contributed by atoms with van der Waals surface area (Å²) < 4.78 is 8.55. The van der Waals surface area contributed by atoms with Crippen molar-refractivity contribution in [1.82, 2.24) is 4.57 Å². The summed E-state index contributed by atoms with van der Waals surface area (Å²) in [4.78, 5) is 5.95. The summed E-state index contributed by atoms with van der Waals surface area (Å²) in [5.41, 5.74) is 3.99. The van der Waals surface area contributed by atoms with Crippen LogP contribution >= 0.6 is 22.9 Å². The molecule has 0 atom stereocenters. The normalized spacial score (nSPS) is 15.7. The summed E-state index contributed by atoms with van der Waals surface area (Å²) in [6.45, 7) is 2.01. The van der Waals surface area contributed by atoms with Gasteiger partial charge in [0.05, 0.1) is 11.4 Å². The van der Waals surface area contributed by atoms with Gasteiger partial charge >= 0.3 is 0 Å². The molecule has 0 spiro atoms. The fourth-order valence-electron chi connectivity index (χ4n) is 3.97. The molecule has 0 N–H and O–H groups in total. The minimum Gasteiger partial charge on any atom is -0.454 e. The Labute approximate surface area is 172 Å². The first kappa shape index (κ1) is 17.8. The molecule has 2 heterocycles. The number of halogens is 1. The quantitative estimate of drug-likeness (QED) is 0.350. The standard InChI is InChI=1S/C23H21ClN2OS/c1-15-10-11-17(13-19(15)24)25-23-26(18-7-3-4-8-18)20(14-28-23)22-12-16-6-2-5-9-21(16)27-22/h2,5-6,9-14,18H,3-4,7-8H2,1H3. The van der Waals surface area contributed by atoms with Gasteiger partial charge in [-0.3, -0.25) is 0 Å². The van der Waals surface area contributed by atoms with Gasteiger partial charge in [-0.2, -0.15) is 0 Å². The van der Waals surface area contributed by atoms with Crippen LogP contribution in [-0.2, 0) is 0 Å². The Morgan fingerprint density at radius 1 is 1.11 bits per heavy atom. The Morgan fingerprint density at radius 3 is 2.71 bits per heavy atom. The summed E-state index contributed by atoms with van der Waals surface area (Å²) >= 11 is 7.98. The van der Waals surface area contributed by atoms with E-state index in [0.29, 0.717) is 6.04 Å². The molecule has 0 amide bonds. The van der Waals surface area contributed by atoms with E-state index in [1.807, 2.05) is 43.3 Å². The lowest BCUT2D eigenvalue weighted by atomic mass is 10.2. The Balaban J connectivity index is 1.67. The van der Waals surface area contributed by atoms with Gasteiger partial charge in [-0.05, 0) is 49.6 Å². The van der Waals surface area contributed by atoms with Gasteiger partial charge in [-0.25, -0.2) is 4.99 Å². The molecule has 0 saturated heterocycles. The Bertz CT molecular complexity index is 1180. The van der Waals surface area contributed by atoms with Crippen molar-refractivity contribution in [2.24, 2.45) is 4.99 Å². The van der Waals surface area contributed by atoms with Crippen LogP contribution in [0.4, 0.5) is 5.69 Å². The Morgan fingerprint density at radius 2 is 1.93 bits per heavy atom. The second-order valence-corrected chi connectivity index (χ2v) is 8.65. The molecule has 0 bridgehead atoms. The molecule has 0 unspecified atom stereocenters. The lowest BCUT2D eigenvalue weighted by Crippen LogP contribution is -2.19. The highest BCUT2D eigenvalue weighted by atomic mass is 35.5. The number of hydrogen-bond donors (Lipinski definition) is 0. The third-order valence-electron chi connectivity index (χ3n) is 5.49. The molecule has 1 aliphatic rings. The predicted octanol–water partition coefficient (Wildman–Crippen LogP) is 7.27.